The van der Waals surface area contributed by atoms with E-state index in [2.05, 4.69) is 0 Å². The van der Waals surface area contributed by atoms with Crippen molar-refractivity contribution in [2.45, 2.75) is 78.1 Å². The second-order valence-electron chi connectivity index (χ2n) is 9.10. The van der Waals surface area contributed by atoms with Crippen LogP contribution in [0.3, 0.4) is 0 Å². The zero-order valence-electron chi connectivity index (χ0n) is 19.2. The molecule has 2 atom stereocenters. The molecule has 0 radical (unpaired) electrons. The van der Waals surface area contributed by atoms with Crippen LogP contribution in [0.25, 0.3) is 0 Å². The van der Waals surface area contributed by atoms with Gasteiger partial charge in [0, 0.05) is 12.6 Å². The second kappa shape index (κ2) is 8.99. The Balaban J connectivity index is 2.42. The Morgan fingerprint density at radius 3 is 2.50 bits per heavy atom. The van der Waals surface area contributed by atoms with Gasteiger partial charge in [0.1, 0.15) is 11.7 Å². The summed E-state index contributed by atoms with van der Waals surface area (Å²) in [5, 5.41) is 20.5. The summed E-state index contributed by atoms with van der Waals surface area (Å²) in [6.45, 7) is 10.8. The number of carbonyl (C=O) groups is 1. The number of likely N-dealkylation sites (N-methyl/N-ethyl adjacent to an activating group) is 1. The molecule has 0 aliphatic carbocycles. The van der Waals surface area contributed by atoms with E-state index in [9.17, 15) is 15.0 Å². The third kappa shape index (κ3) is 5.56. The third-order valence-electron chi connectivity index (χ3n) is 5.07. The molecule has 0 saturated carbocycles. The fraction of sp³-hybridized carbons (Fsp3) is 0.682. The minimum Gasteiger partial charge on any atom is -0.504 e. The van der Waals surface area contributed by atoms with Crippen molar-refractivity contribution in [2.24, 2.45) is 0 Å². The van der Waals surface area contributed by atoms with Gasteiger partial charge in [-0.3, -0.25) is 0 Å². The molecule has 2 rings (SSSR count). The lowest BCUT2D eigenvalue weighted by atomic mass is 9.94. The molecule has 8 nitrogen and oxygen atoms in total. The maximum atomic E-state index is 12.8. The largest absolute Gasteiger partial charge is 0.504 e. The van der Waals surface area contributed by atoms with Crippen molar-refractivity contribution in [2.75, 3.05) is 20.8 Å². The molecule has 1 aromatic carbocycles. The van der Waals surface area contributed by atoms with Crippen LogP contribution in [0, 0.1) is 6.92 Å². The maximum absolute atomic E-state index is 12.8. The van der Waals surface area contributed by atoms with E-state index in [4.69, 9.17) is 18.9 Å². The van der Waals surface area contributed by atoms with Crippen LogP contribution in [-0.2, 0) is 27.2 Å². The van der Waals surface area contributed by atoms with Gasteiger partial charge in [-0.15, -0.1) is 0 Å². The number of aromatic hydroxyl groups is 1. The van der Waals surface area contributed by atoms with E-state index >= 15 is 0 Å². The number of carbonyl (C=O) groups excluding carboxylic acids is 1. The SMILES string of the molecule is COc1c(C)cc(C[C@@H](C2COC(C)(C)O2)N(C)C(=O)OC(C)(C)C)c(CO)c1O. The summed E-state index contributed by atoms with van der Waals surface area (Å²) in [5.74, 6) is -0.547. The van der Waals surface area contributed by atoms with E-state index in [1.54, 1.807) is 27.8 Å². The smallest absolute Gasteiger partial charge is 0.410 e. The Morgan fingerprint density at radius 2 is 2.03 bits per heavy atom. The molecule has 1 fully saturated rings. The summed E-state index contributed by atoms with van der Waals surface area (Å²) >= 11 is 0. The number of methoxy groups -OCH3 is 1. The van der Waals surface area contributed by atoms with Gasteiger partial charge in [0.25, 0.3) is 0 Å². The minimum absolute atomic E-state index is 0.0995. The molecule has 2 N–H and O–H groups in total. The van der Waals surface area contributed by atoms with E-state index in [0.29, 0.717) is 29.9 Å². The number of benzene rings is 1. The third-order valence-corrected chi connectivity index (χ3v) is 5.07. The van der Waals surface area contributed by atoms with Gasteiger partial charge in [-0.05, 0) is 59.1 Å². The van der Waals surface area contributed by atoms with Crippen molar-refractivity contribution < 1.29 is 34.0 Å². The van der Waals surface area contributed by atoms with Crippen molar-refractivity contribution in [3.05, 3.63) is 22.8 Å². The van der Waals surface area contributed by atoms with Crippen molar-refractivity contribution in [3.63, 3.8) is 0 Å². The van der Waals surface area contributed by atoms with Gasteiger partial charge >= 0.3 is 6.09 Å². The van der Waals surface area contributed by atoms with E-state index in [0.717, 1.165) is 5.56 Å². The highest BCUT2D eigenvalue weighted by molar-refractivity contribution is 5.68. The van der Waals surface area contributed by atoms with Crippen molar-refractivity contribution in [1.29, 1.82) is 0 Å². The van der Waals surface area contributed by atoms with Crippen LogP contribution in [0.2, 0.25) is 0 Å². The van der Waals surface area contributed by atoms with Gasteiger partial charge in [-0.2, -0.15) is 0 Å². The van der Waals surface area contributed by atoms with Gasteiger partial charge in [0.15, 0.2) is 17.3 Å². The number of aryl methyl sites for hydroxylation is 1. The predicted molar refractivity (Wildman–Crippen MR) is 112 cm³/mol. The van der Waals surface area contributed by atoms with Crippen LogP contribution in [0.15, 0.2) is 6.07 Å². The second-order valence-corrected chi connectivity index (χ2v) is 9.10. The summed E-state index contributed by atoms with van der Waals surface area (Å²) < 4.78 is 22.6. The number of rotatable bonds is 6. The lowest BCUT2D eigenvalue weighted by Gasteiger charge is -2.34. The Bertz CT molecular complexity index is 770. The summed E-state index contributed by atoms with van der Waals surface area (Å²) in [6, 6.07) is 1.40. The van der Waals surface area contributed by atoms with E-state index in [-0.39, 0.29) is 12.4 Å². The molecule has 0 bridgehead atoms. The van der Waals surface area contributed by atoms with Crippen LogP contribution < -0.4 is 4.74 Å². The van der Waals surface area contributed by atoms with E-state index in [1.165, 1.54) is 12.0 Å². The van der Waals surface area contributed by atoms with Gasteiger partial charge in [-0.25, -0.2) is 4.79 Å². The minimum atomic E-state index is -0.768. The Kier molecular flexibility index (Phi) is 7.27. The molecule has 8 heteroatoms. The lowest BCUT2D eigenvalue weighted by Crippen LogP contribution is -2.49. The molecule has 1 aliphatic rings. The number of hydrogen-bond acceptors (Lipinski definition) is 7. The summed E-state index contributed by atoms with van der Waals surface area (Å²) in [7, 11) is 3.12. The summed E-state index contributed by atoms with van der Waals surface area (Å²) in [4.78, 5) is 14.3. The zero-order valence-corrected chi connectivity index (χ0v) is 19.2. The van der Waals surface area contributed by atoms with Gasteiger partial charge in [0.2, 0.25) is 0 Å². The summed E-state index contributed by atoms with van der Waals surface area (Å²) in [5.41, 5.74) is 1.14. The van der Waals surface area contributed by atoms with Crippen LogP contribution >= 0.6 is 0 Å². The average Bonchev–Trinajstić information content (AvgIpc) is 2.97. The Hall–Kier alpha value is -2.03. The molecule has 0 spiro atoms. The number of ether oxygens (including phenoxy) is 4. The van der Waals surface area contributed by atoms with Crippen molar-refractivity contribution >= 4 is 6.09 Å². The fourth-order valence-electron chi connectivity index (χ4n) is 3.62. The highest BCUT2D eigenvalue weighted by Crippen LogP contribution is 2.37. The number of nitrogens with zero attached hydrogens (tertiary/aromatic N) is 1. The molecule has 1 heterocycles. The van der Waals surface area contributed by atoms with Crippen molar-refractivity contribution in [3.8, 4) is 11.5 Å². The zero-order chi connectivity index (χ0) is 22.9. The number of hydrogen-bond donors (Lipinski definition) is 2. The normalized spacial score (nSPS) is 19.4. The summed E-state index contributed by atoms with van der Waals surface area (Å²) in [6.07, 6.45) is -0.567. The molecular weight excluding hydrogens is 390 g/mol. The quantitative estimate of drug-likeness (QED) is 0.723. The number of aliphatic hydroxyl groups is 1. The van der Waals surface area contributed by atoms with Gasteiger partial charge in [-0.1, -0.05) is 6.07 Å². The predicted octanol–water partition coefficient (Wildman–Crippen LogP) is 3.13. The highest BCUT2D eigenvalue weighted by Gasteiger charge is 2.41. The first kappa shape index (κ1) is 24.2. The van der Waals surface area contributed by atoms with Gasteiger partial charge in [0.05, 0.1) is 26.4 Å². The topological polar surface area (TPSA) is 97.7 Å². The lowest BCUT2D eigenvalue weighted by molar-refractivity contribution is -0.145. The average molecular weight is 426 g/mol. The molecule has 30 heavy (non-hydrogen) atoms. The Morgan fingerprint density at radius 1 is 1.40 bits per heavy atom. The monoisotopic (exact) mass is 425 g/mol. The molecular formula is C22H35NO7. The molecule has 170 valence electrons. The number of aliphatic hydroxyl groups excluding tert-OH is 1. The van der Waals surface area contributed by atoms with Crippen LogP contribution in [-0.4, -0.2) is 65.5 Å². The van der Waals surface area contributed by atoms with Crippen LogP contribution in [0.1, 0.15) is 51.3 Å². The van der Waals surface area contributed by atoms with E-state index < -0.39 is 29.6 Å². The first-order chi connectivity index (χ1) is 13.8. The molecule has 0 aromatic heterocycles. The first-order valence-electron chi connectivity index (χ1n) is 10.1. The van der Waals surface area contributed by atoms with Crippen molar-refractivity contribution in [1.82, 2.24) is 4.90 Å². The maximum Gasteiger partial charge on any atom is 0.410 e. The number of phenols is 1. The highest BCUT2D eigenvalue weighted by atomic mass is 16.7. The molecule has 1 amide bonds. The van der Waals surface area contributed by atoms with Gasteiger partial charge < -0.3 is 34.1 Å². The molecule has 1 aliphatic heterocycles. The van der Waals surface area contributed by atoms with E-state index in [1.807, 2.05) is 26.8 Å². The first-order valence-corrected chi connectivity index (χ1v) is 10.1. The number of amides is 1. The molecule has 1 unspecified atom stereocenters. The Labute approximate surface area is 178 Å². The fourth-order valence-corrected chi connectivity index (χ4v) is 3.62. The van der Waals surface area contributed by atoms with Crippen LogP contribution in [0.5, 0.6) is 11.5 Å². The van der Waals surface area contributed by atoms with Crippen LogP contribution in [0.4, 0.5) is 4.79 Å². The molecule has 1 saturated heterocycles. The molecule has 1 aromatic rings. The standard InChI is InChI=1S/C22H35NO7/c1-13-9-14(15(11-24)18(25)19(13)27-8)10-16(17-12-28-22(5,6)29-17)23(7)20(26)30-21(2,3)4/h9,16-17,24-25H,10-12H2,1-8H3/t16-,17?/m0/s1.